The summed E-state index contributed by atoms with van der Waals surface area (Å²) in [6, 6.07) is 15.8. The van der Waals surface area contributed by atoms with E-state index in [-0.39, 0.29) is 12.6 Å². The molecule has 3 aromatic heterocycles. The van der Waals surface area contributed by atoms with Crippen molar-refractivity contribution in [1.29, 1.82) is 0 Å². The van der Waals surface area contributed by atoms with E-state index in [0.29, 0.717) is 12.3 Å². The summed E-state index contributed by atoms with van der Waals surface area (Å²) in [5.74, 6) is 1.52. The zero-order chi connectivity index (χ0) is 23.4. The maximum absolute atomic E-state index is 9.96. The van der Waals surface area contributed by atoms with E-state index < -0.39 is 6.10 Å². The third-order valence-electron chi connectivity index (χ3n) is 5.40. The molecule has 8 heteroatoms. The van der Waals surface area contributed by atoms with Crippen molar-refractivity contribution in [2.24, 2.45) is 0 Å². The third-order valence-corrected chi connectivity index (χ3v) is 5.40. The van der Waals surface area contributed by atoms with Crippen molar-refractivity contribution in [2.75, 3.05) is 32.1 Å². The molecule has 4 aromatic rings. The number of ether oxygens (including phenoxy) is 1. The Morgan fingerprint density at radius 2 is 2.00 bits per heavy atom. The number of fused-ring (bicyclic) bond motifs is 1. The van der Waals surface area contributed by atoms with Crippen molar-refractivity contribution >= 4 is 22.5 Å². The standard InChI is InChI=1S/C25H30N6O2/c1-17(2)31-25-21(15-28-31)23(30(4)24-10-5-6-11-27-24)13-22(29-25)18-8-7-9-20(12-18)33-16-19(32)14-26-3/h5-13,15,17,19,26,32H,14,16H2,1-4H3. The Bertz CT molecular complexity index is 1210. The van der Waals surface area contributed by atoms with Crippen molar-refractivity contribution in [3.63, 3.8) is 0 Å². The monoisotopic (exact) mass is 446 g/mol. The molecule has 1 aromatic carbocycles. The number of nitrogens with one attached hydrogen (secondary N) is 1. The Hall–Kier alpha value is -3.49. The molecule has 0 aliphatic rings. The highest BCUT2D eigenvalue weighted by molar-refractivity contribution is 5.94. The highest BCUT2D eigenvalue weighted by Crippen LogP contribution is 2.34. The lowest BCUT2D eigenvalue weighted by Crippen LogP contribution is -2.29. The molecular formula is C25H30N6O2. The van der Waals surface area contributed by atoms with Crippen molar-refractivity contribution < 1.29 is 9.84 Å². The van der Waals surface area contributed by atoms with Gasteiger partial charge in [-0.1, -0.05) is 18.2 Å². The number of hydrogen-bond donors (Lipinski definition) is 2. The predicted octanol–water partition coefficient (Wildman–Crippen LogP) is 3.80. The van der Waals surface area contributed by atoms with E-state index in [1.165, 1.54) is 0 Å². The van der Waals surface area contributed by atoms with Crippen LogP contribution in [-0.4, -0.2) is 58.2 Å². The van der Waals surface area contributed by atoms with E-state index in [1.807, 2.05) is 65.3 Å². The number of nitrogens with zero attached hydrogens (tertiary/aromatic N) is 5. The zero-order valence-electron chi connectivity index (χ0n) is 19.4. The SMILES string of the molecule is CNCC(O)COc1cccc(-c2cc(N(C)c3ccccn3)c3cnn(C(C)C)c3n2)c1. The number of pyridine rings is 2. The van der Waals surface area contributed by atoms with E-state index in [2.05, 4.69) is 35.3 Å². The average molecular weight is 447 g/mol. The summed E-state index contributed by atoms with van der Waals surface area (Å²) in [5.41, 5.74) is 3.51. The molecule has 0 amide bonds. The quantitative estimate of drug-likeness (QED) is 0.404. The van der Waals surface area contributed by atoms with Crippen LogP contribution in [-0.2, 0) is 0 Å². The van der Waals surface area contributed by atoms with Crippen LogP contribution < -0.4 is 15.0 Å². The average Bonchev–Trinajstić information content (AvgIpc) is 3.27. The second-order valence-electron chi connectivity index (χ2n) is 8.24. The van der Waals surface area contributed by atoms with Crippen LogP contribution in [0.15, 0.2) is 60.9 Å². The summed E-state index contributed by atoms with van der Waals surface area (Å²) < 4.78 is 7.74. The van der Waals surface area contributed by atoms with E-state index in [9.17, 15) is 5.11 Å². The van der Waals surface area contributed by atoms with Crippen LogP contribution in [0, 0.1) is 0 Å². The molecule has 1 atom stereocenters. The fraction of sp³-hybridized carbons (Fsp3) is 0.320. The van der Waals surface area contributed by atoms with Crippen LogP contribution >= 0.6 is 0 Å². The Kier molecular flexibility index (Phi) is 6.86. The maximum Gasteiger partial charge on any atom is 0.160 e. The first kappa shape index (κ1) is 22.7. The molecule has 0 saturated carbocycles. The van der Waals surface area contributed by atoms with Gasteiger partial charge in [-0.2, -0.15) is 5.10 Å². The number of likely N-dealkylation sites (N-methyl/N-ethyl adjacent to an activating group) is 1. The number of aliphatic hydroxyl groups excluding tert-OH is 1. The number of benzene rings is 1. The first-order valence-electron chi connectivity index (χ1n) is 11.1. The third kappa shape index (κ3) is 4.97. The van der Waals surface area contributed by atoms with Crippen LogP contribution in [0.3, 0.4) is 0 Å². The topological polar surface area (TPSA) is 88.3 Å². The summed E-state index contributed by atoms with van der Waals surface area (Å²) in [6.07, 6.45) is 3.07. The largest absolute Gasteiger partial charge is 0.491 e. The summed E-state index contributed by atoms with van der Waals surface area (Å²) in [6.45, 7) is 4.87. The van der Waals surface area contributed by atoms with Gasteiger partial charge in [-0.15, -0.1) is 0 Å². The molecule has 4 rings (SSSR count). The Balaban J connectivity index is 1.77. The number of aromatic nitrogens is 4. The van der Waals surface area contributed by atoms with Crippen molar-refractivity contribution in [3.05, 3.63) is 60.9 Å². The van der Waals surface area contributed by atoms with Gasteiger partial charge in [0, 0.05) is 31.4 Å². The molecule has 33 heavy (non-hydrogen) atoms. The van der Waals surface area contributed by atoms with Gasteiger partial charge in [0.05, 0.1) is 23.0 Å². The minimum atomic E-state index is -0.577. The van der Waals surface area contributed by atoms with Crippen molar-refractivity contribution in [2.45, 2.75) is 26.0 Å². The first-order chi connectivity index (χ1) is 16.0. The molecule has 3 heterocycles. The van der Waals surface area contributed by atoms with E-state index >= 15 is 0 Å². The minimum Gasteiger partial charge on any atom is -0.491 e. The molecule has 0 radical (unpaired) electrons. The lowest BCUT2D eigenvalue weighted by atomic mass is 10.1. The second kappa shape index (κ2) is 9.97. The molecule has 172 valence electrons. The Morgan fingerprint density at radius 1 is 1.15 bits per heavy atom. The fourth-order valence-corrected chi connectivity index (χ4v) is 3.71. The van der Waals surface area contributed by atoms with Gasteiger partial charge in [-0.05, 0) is 51.2 Å². The van der Waals surface area contributed by atoms with Crippen LogP contribution in [0.4, 0.5) is 11.5 Å². The molecule has 0 aliphatic carbocycles. The molecule has 0 aliphatic heterocycles. The van der Waals surface area contributed by atoms with Gasteiger partial charge in [0.2, 0.25) is 0 Å². The summed E-state index contributed by atoms with van der Waals surface area (Å²) in [5, 5.41) is 18.5. The van der Waals surface area contributed by atoms with Crippen LogP contribution in [0.25, 0.3) is 22.3 Å². The molecule has 0 spiro atoms. The molecular weight excluding hydrogens is 416 g/mol. The van der Waals surface area contributed by atoms with Crippen LogP contribution in [0.2, 0.25) is 0 Å². The van der Waals surface area contributed by atoms with Gasteiger partial charge in [-0.3, -0.25) is 0 Å². The Morgan fingerprint density at radius 3 is 2.73 bits per heavy atom. The molecule has 8 nitrogen and oxygen atoms in total. The minimum absolute atomic E-state index is 0.168. The van der Waals surface area contributed by atoms with E-state index in [4.69, 9.17) is 9.72 Å². The van der Waals surface area contributed by atoms with Crippen molar-refractivity contribution in [3.8, 4) is 17.0 Å². The second-order valence-corrected chi connectivity index (χ2v) is 8.24. The molecule has 0 fully saturated rings. The van der Waals surface area contributed by atoms with Gasteiger partial charge in [0.1, 0.15) is 24.3 Å². The van der Waals surface area contributed by atoms with Crippen LogP contribution in [0.1, 0.15) is 19.9 Å². The van der Waals surface area contributed by atoms with Gasteiger partial charge < -0.3 is 20.1 Å². The fourth-order valence-electron chi connectivity index (χ4n) is 3.71. The lowest BCUT2D eigenvalue weighted by Gasteiger charge is -2.20. The molecule has 0 saturated heterocycles. The zero-order valence-corrected chi connectivity index (χ0v) is 19.4. The van der Waals surface area contributed by atoms with Crippen molar-refractivity contribution in [1.82, 2.24) is 25.1 Å². The molecule has 1 unspecified atom stereocenters. The van der Waals surface area contributed by atoms with Gasteiger partial charge in [0.25, 0.3) is 0 Å². The summed E-state index contributed by atoms with van der Waals surface area (Å²) >= 11 is 0. The molecule has 0 bridgehead atoms. The van der Waals surface area contributed by atoms with E-state index in [1.54, 1.807) is 13.2 Å². The number of aliphatic hydroxyl groups is 1. The smallest absolute Gasteiger partial charge is 0.160 e. The number of rotatable bonds is 9. The highest BCUT2D eigenvalue weighted by Gasteiger charge is 2.18. The van der Waals surface area contributed by atoms with Crippen LogP contribution in [0.5, 0.6) is 5.75 Å². The van der Waals surface area contributed by atoms with Gasteiger partial charge in [0.15, 0.2) is 5.65 Å². The predicted molar refractivity (Wildman–Crippen MR) is 131 cm³/mol. The highest BCUT2D eigenvalue weighted by atomic mass is 16.5. The normalized spacial score (nSPS) is 12.3. The van der Waals surface area contributed by atoms with E-state index in [0.717, 1.165) is 33.8 Å². The summed E-state index contributed by atoms with van der Waals surface area (Å²) in [4.78, 5) is 11.5. The Labute approximate surface area is 193 Å². The maximum atomic E-state index is 9.96. The number of anilines is 2. The molecule has 2 N–H and O–H groups in total. The number of hydrogen-bond acceptors (Lipinski definition) is 7. The first-order valence-corrected chi connectivity index (χ1v) is 11.1. The van der Waals surface area contributed by atoms with Gasteiger partial charge in [-0.25, -0.2) is 14.6 Å². The van der Waals surface area contributed by atoms with Gasteiger partial charge >= 0.3 is 0 Å². The lowest BCUT2D eigenvalue weighted by molar-refractivity contribution is 0.108. The summed E-state index contributed by atoms with van der Waals surface area (Å²) in [7, 11) is 3.80.